The molecule has 0 radical (unpaired) electrons. The van der Waals surface area contributed by atoms with E-state index in [9.17, 15) is 5.26 Å². The maximum atomic E-state index is 9.88. The number of hydrogen-bond donors (Lipinski definition) is 3. The van der Waals surface area contributed by atoms with Crippen molar-refractivity contribution in [1.29, 1.82) is 5.26 Å². The van der Waals surface area contributed by atoms with Gasteiger partial charge in [0.1, 0.15) is 5.82 Å². The van der Waals surface area contributed by atoms with E-state index in [2.05, 4.69) is 31.9 Å². The number of hydrogen-bond acceptors (Lipinski definition) is 5. The van der Waals surface area contributed by atoms with Gasteiger partial charge in [-0.25, -0.2) is 0 Å². The zero-order valence-corrected chi connectivity index (χ0v) is 16.4. The summed E-state index contributed by atoms with van der Waals surface area (Å²) in [5, 5.41) is 23.9. The molecule has 2 aromatic rings. The average molecular weight is 416 g/mol. The Labute approximate surface area is 171 Å². The number of halogens is 3. The predicted molar refractivity (Wildman–Crippen MR) is 108 cm³/mol. The van der Waals surface area contributed by atoms with E-state index in [1.54, 1.807) is 12.4 Å². The van der Waals surface area contributed by atoms with E-state index >= 15 is 0 Å². The number of nitrogens with zero attached hydrogens (tertiary/aromatic N) is 3. The predicted octanol–water partition coefficient (Wildman–Crippen LogP) is 3.40. The van der Waals surface area contributed by atoms with Crippen LogP contribution >= 0.6 is 37.2 Å². The minimum Gasteiger partial charge on any atom is -0.343 e. The first-order valence-electron chi connectivity index (χ1n) is 7.93. The van der Waals surface area contributed by atoms with Gasteiger partial charge in [0.25, 0.3) is 0 Å². The number of H-pyrrole nitrogens is 1. The lowest BCUT2D eigenvalue weighted by atomic mass is 9.79. The number of nitrogens with one attached hydrogen (secondary N) is 3. The molecule has 0 amide bonds. The number of aromatic nitrogens is 3. The Kier molecular flexibility index (Phi) is 8.38. The maximum Gasteiger partial charge on any atom is 0.129 e. The molecule has 2 aliphatic heterocycles. The van der Waals surface area contributed by atoms with Crippen molar-refractivity contribution in [2.24, 2.45) is 5.92 Å². The highest BCUT2D eigenvalue weighted by molar-refractivity contribution is 5.86. The maximum absolute atomic E-state index is 9.88. The van der Waals surface area contributed by atoms with Crippen LogP contribution in [-0.2, 0) is 0 Å². The fourth-order valence-corrected chi connectivity index (χ4v) is 3.59. The lowest BCUT2D eigenvalue weighted by Gasteiger charge is -2.32. The number of rotatable bonds is 2. The van der Waals surface area contributed by atoms with Gasteiger partial charge in [-0.1, -0.05) is 0 Å². The van der Waals surface area contributed by atoms with Crippen LogP contribution < -0.4 is 10.6 Å². The SMILES string of the molecule is Cl.Cl.Cl.N#CC1=C(C2CCNCC2)Nc2[nH]ncc2C1c1ccncc1. The molecule has 6 nitrogen and oxygen atoms in total. The molecule has 1 saturated heterocycles. The highest BCUT2D eigenvalue weighted by Crippen LogP contribution is 2.43. The van der Waals surface area contributed by atoms with Crippen LogP contribution in [0.5, 0.6) is 0 Å². The second-order valence-corrected chi connectivity index (χ2v) is 6.00. The fraction of sp³-hybridized carbons (Fsp3) is 0.353. The van der Waals surface area contributed by atoms with Crippen molar-refractivity contribution in [2.45, 2.75) is 18.8 Å². The fourth-order valence-electron chi connectivity index (χ4n) is 3.59. The first-order valence-corrected chi connectivity index (χ1v) is 7.93. The van der Waals surface area contributed by atoms with Crippen LogP contribution in [0.4, 0.5) is 5.82 Å². The highest BCUT2D eigenvalue weighted by Gasteiger charge is 2.34. The minimum atomic E-state index is -0.0807. The molecule has 1 unspecified atom stereocenters. The van der Waals surface area contributed by atoms with Gasteiger partial charge in [-0.2, -0.15) is 10.4 Å². The lowest BCUT2D eigenvalue weighted by molar-refractivity contribution is 0.418. The van der Waals surface area contributed by atoms with Crippen LogP contribution in [0.2, 0.25) is 0 Å². The third-order valence-corrected chi connectivity index (χ3v) is 4.73. The molecule has 140 valence electrons. The Hall–Kier alpha value is -1.78. The lowest BCUT2D eigenvalue weighted by Crippen LogP contribution is -2.32. The van der Waals surface area contributed by atoms with Crippen molar-refractivity contribution in [1.82, 2.24) is 20.5 Å². The summed E-state index contributed by atoms with van der Waals surface area (Å²) in [6, 6.07) is 6.42. The van der Waals surface area contributed by atoms with Crippen LogP contribution in [0.1, 0.15) is 29.9 Å². The van der Waals surface area contributed by atoms with Crippen molar-refractivity contribution >= 4 is 43.0 Å². The molecule has 0 spiro atoms. The number of nitriles is 1. The Morgan fingerprint density at radius 1 is 1.08 bits per heavy atom. The van der Waals surface area contributed by atoms with Crippen LogP contribution in [-0.4, -0.2) is 28.3 Å². The van der Waals surface area contributed by atoms with Gasteiger partial charge in [0, 0.05) is 29.6 Å². The Morgan fingerprint density at radius 2 is 1.77 bits per heavy atom. The third-order valence-electron chi connectivity index (χ3n) is 4.73. The van der Waals surface area contributed by atoms with Gasteiger partial charge in [-0.3, -0.25) is 10.1 Å². The van der Waals surface area contributed by atoms with Gasteiger partial charge >= 0.3 is 0 Å². The first kappa shape index (κ1) is 22.3. The summed E-state index contributed by atoms with van der Waals surface area (Å²) < 4.78 is 0. The summed E-state index contributed by atoms with van der Waals surface area (Å²) in [6.07, 6.45) is 7.44. The molecule has 0 aliphatic carbocycles. The molecule has 3 N–H and O–H groups in total. The molecule has 2 aromatic heterocycles. The van der Waals surface area contributed by atoms with Gasteiger partial charge < -0.3 is 10.6 Å². The number of pyridine rings is 1. The quantitative estimate of drug-likeness (QED) is 0.699. The average Bonchev–Trinajstić information content (AvgIpc) is 3.09. The van der Waals surface area contributed by atoms with Crippen molar-refractivity contribution < 1.29 is 0 Å². The Morgan fingerprint density at radius 3 is 2.42 bits per heavy atom. The molecule has 1 fully saturated rings. The van der Waals surface area contributed by atoms with Crippen molar-refractivity contribution in [3.63, 3.8) is 0 Å². The van der Waals surface area contributed by atoms with E-state index < -0.39 is 0 Å². The second-order valence-electron chi connectivity index (χ2n) is 6.00. The largest absolute Gasteiger partial charge is 0.343 e. The summed E-state index contributed by atoms with van der Waals surface area (Å²) in [5.74, 6) is 1.20. The van der Waals surface area contributed by atoms with Gasteiger partial charge in [0.05, 0.1) is 23.8 Å². The molecule has 9 heteroatoms. The van der Waals surface area contributed by atoms with Crippen LogP contribution in [0.3, 0.4) is 0 Å². The number of anilines is 1. The Balaban J connectivity index is 0.00000113. The topological polar surface area (TPSA) is 89.4 Å². The van der Waals surface area contributed by atoms with Crippen LogP contribution in [0.15, 0.2) is 42.0 Å². The molecular formula is C17H21Cl3N6. The van der Waals surface area contributed by atoms with Crippen LogP contribution in [0.25, 0.3) is 0 Å². The molecule has 0 bridgehead atoms. The highest BCUT2D eigenvalue weighted by atomic mass is 35.5. The van der Waals surface area contributed by atoms with E-state index in [1.165, 1.54) is 0 Å². The molecule has 0 aromatic carbocycles. The molecule has 0 saturated carbocycles. The molecular weight excluding hydrogens is 395 g/mol. The smallest absolute Gasteiger partial charge is 0.129 e. The molecule has 4 heterocycles. The van der Waals surface area contributed by atoms with E-state index in [4.69, 9.17) is 0 Å². The van der Waals surface area contributed by atoms with E-state index in [-0.39, 0.29) is 43.1 Å². The normalized spacial score (nSPS) is 19.0. The van der Waals surface area contributed by atoms with Gasteiger partial charge in [-0.05, 0) is 43.6 Å². The third kappa shape index (κ3) is 3.97. The number of allylic oxidation sites excluding steroid dienone is 2. The molecule has 26 heavy (non-hydrogen) atoms. The van der Waals surface area contributed by atoms with E-state index in [0.29, 0.717) is 5.92 Å². The number of piperidine rings is 1. The zero-order valence-electron chi connectivity index (χ0n) is 13.9. The second kappa shape index (κ2) is 9.79. The van der Waals surface area contributed by atoms with Gasteiger partial charge in [-0.15, -0.1) is 37.2 Å². The summed E-state index contributed by atoms with van der Waals surface area (Å²) in [4.78, 5) is 4.10. The van der Waals surface area contributed by atoms with Gasteiger partial charge in [0.2, 0.25) is 0 Å². The first-order chi connectivity index (χ1) is 11.4. The summed E-state index contributed by atoms with van der Waals surface area (Å²) >= 11 is 0. The molecule has 2 aliphatic rings. The number of fused-ring (bicyclic) bond motifs is 1. The zero-order chi connectivity index (χ0) is 15.6. The van der Waals surface area contributed by atoms with Crippen LogP contribution in [0, 0.1) is 17.2 Å². The summed E-state index contributed by atoms with van der Waals surface area (Å²) in [6.45, 7) is 1.98. The van der Waals surface area contributed by atoms with E-state index in [1.807, 2.05) is 18.3 Å². The van der Waals surface area contributed by atoms with Crippen molar-refractivity contribution in [3.8, 4) is 6.07 Å². The minimum absolute atomic E-state index is 0. The standard InChI is InChI=1S/C17H18N6.3ClH/c18-9-13-15(11-1-5-19-6-2-11)14-10-21-23-17(14)22-16(13)12-3-7-20-8-4-12;;;/h1-2,5-6,10,12,15,20H,3-4,7-8H2,(H2,21,22,23);3*1H. The summed E-state index contributed by atoms with van der Waals surface area (Å²) in [7, 11) is 0. The Bertz CT molecular complexity index is 777. The van der Waals surface area contributed by atoms with Gasteiger partial charge in [0.15, 0.2) is 0 Å². The number of aromatic amines is 1. The molecule has 1 atom stereocenters. The van der Waals surface area contributed by atoms with E-state index in [0.717, 1.165) is 54.1 Å². The summed E-state index contributed by atoms with van der Waals surface area (Å²) in [5.41, 5.74) is 3.95. The van der Waals surface area contributed by atoms with Crippen molar-refractivity contribution in [2.75, 3.05) is 18.4 Å². The van der Waals surface area contributed by atoms with Crippen molar-refractivity contribution in [3.05, 3.63) is 53.1 Å². The molecule has 4 rings (SSSR count). The monoisotopic (exact) mass is 414 g/mol.